The van der Waals surface area contributed by atoms with Crippen LogP contribution in [0.5, 0.6) is 0 Å². The summed E-state index contributed by atoms with van der Waals surface area (Å²) in [6.07, 6.45) is 6.28. The molecule has 1 spiro atoms. The van der Waals surface area contributed by atoms with Crippen molar-refractivity contribution in [1.29, 1.82) is 0 Å². The monoisotopic (exact) mass is 429 g/mol. The van der Waals surface area contributed by atoms with Gasteiger partial charge in [-0.3, -0.25) is 0 Å². The molecule has 1 aromatic rings. The molecule has 28 heavy (non-hydrogen) atoms. The van der Waals surface area contributed by atoms with E-state index in [0.29, 0.717) is 23.5 Å². The Labute approximate surface area is 179 Å². The molecule has 0 aromatic heterocycles. The summed E-state index contributed by atoms with van der Waals surface area (Å²) in [5.41, 5.74) is 3.83. The van der Waals surface area contributed by atoms with E-state index in [-0.39, 0.29) is 0 Å². The molecule has 1 fully saturated rings. The molecule has 1 heterocycles. The van der Waals surface area contributed by atoms with Gasteiger partial charge in [0.15, 0.2) is 0 Å². The number of benzene rings is 1. The van der Waals surface area contributed by atoms with E-state index < -0.39 is 0 Å². The summed E-state index contributed by atoms with van der Waals surface area (Å²) in [4.78, 5) is 4.90. The van der Waals surface area contributed by atoms with Gasteiger partial charge in [-0.2, -0.15) is 0 Å². The quantitative estimate of drug-likeness (QED) is 0.640. The van der Waals surface area contributed by atoms with Gasteiger partial charge in [-0.05, 0) is 0 Å². The summed E-state index contributed by atoms with van der Waals surface area (Å²) in [6.45, 7) is 13.4. The molecule has 4 heteroatoms. The van der Waals surface area contributed by atoms with Gasteiger partial charge in [0.2, 0.25) is 0 Å². The Morgan fingerprint density at radius 2 is 1.89 bits per heavy atom. The average Bonchev–Trinajstić information content (AvgIpc) is 2.67. The minimum atomic E-state index is 0.355. The van der Waals surface area contributed by atoms with E-state index in [0.717, 1.165) is 4.76 Å². The van der Waals surface area contributed by atoms with Crippen molar-refractivity contribution in [3.63, 3.8) is 0 Å². The van der Waals surface area contributed by atoms with Gasteiger partial charge in [-0.1, -0.05) is 20.8 Å². The molecule has 1 unspecified atom stereocenters. The first-order valence-corrected chi connectivity index (χ1v) is 11.5. The summed E-state index contributed by atoms with van der Waals surface area (Å²) in [5.74, 6) is 0. The van der Waals surface area contributed by atoms with Crippen LogP contribution in [0.3, 0.4) is 0 Å². The fourth-order valence-corrected chi connectivity index (χ4v) is 5.24. The molecular weight excluding hydrogens is 391 g/mol. The van der Waals surface area contributed by atoms with Gasteiger partial charge in [-0.15, -0.1) is 0 Å². The van der Waals surface area contributed by atoms with Crippen LogP contribution in [0, 0.1) is 5.41 Å². The average molecular weight is 430 g/mol. The maximum atomic E-state index is 5.67. The fourth-order valence-electron chi connectivity index (χ4n) is 4.92. The van der Waals surface area contributed by atoms with Crippen LogP contribution in [-0.4, -0.2) is 47.9 Å². The molecule has 159 valence electrons. The normalized spacial score (nSPS) is 22.5. The first kappa shape index (κ1) is 22.2. The Kier molecular flexibility index (Phi) is 7.20. The van der Waals surface area contributed by atoms with Crippen LogP contribution in [-0.2, 0) is 25.5 Å². The van der Waals surface area contributed by atoms with Crippen molar-refractivity contribution in [1.82, 2.24) is 9.80 Å². The molecule has 1 saturated heterocycles. The Morgan fingerprint density at radius 1 is 1.21 bits per heavy atom. The number of ether oxygens (including phenoxy) is 1. The summed E-state index contributed by atoms with van der Waals surface area (Å²) in [6, 6.07) is 9.49. The van der Waals surface area contributed by atoms with Gasteiger partial charge in [0.05, 0.1) is 0 Å². The summed E-state index contributed by atoms with van der Waals surface area (Å²) in [7, 11) is 2.12. The van der Waals surface area contributed by atoms with Crippen LogP contribution in [0.4, 0.5) is 0 Å². The van der Waals surface area contributed by atoms with Crippen molar-refractivity contribution in [2.75, 3.05) is 33.3 Å². The molecule has 1 aromatic carbocycles. The van der Waals surface area contributed by atoms with E-state index in [1.54, 1.807) is 5.56 Å². The van der Waals surface area contributed by atoms with Crippen LogP contribution in [0.2, 0.25) is 0 Å². The third-order valence-electron chi connectivity index (χ3n) is 6.76. The van der Waals surface area contributed by atoms with Crippen LogP contribution in [0.15, 0.2) is 24.3 Å². The number of hydrogen-bond acceptors (Lipinski definition) is 3. The fraction of sp³-hybridized carbons (Fsp3) is 0.708. The van der Waals surface area contributed by atoms with Gasteiger partial charge in [0, 0.05) is 0 Å². The van der Waals surface area contributed by atoms with Crippen molar-refractivity contribution < 1.29 is 20.0 Å². The van der Waals surface area contributed by atoms with Gasteiger partial charge >= 0.3 is 159 Å². The SMILES string of the molecule is CCO[C](=[Co])N(C)C1CCC2(CCN(CCC(C)(C)C)CC2)c2ccccc21. The Hall–Kier alpha value is -0.524. The van der Waals surface area contributed by atoms with Crippen molar-refractivity contribution in [3.8, 4) is 0 Å². The zero-order valence-corrected chi connectivity index (χ0v) is 19.4. The number of fused-ring (bicyclic) bond motifs is 2. The van der Waals surface area contributed by atoms with E-state index in [1.807, 2.05) is 6.92 Å². The third kappa shape index (κ3) is 4.96. The van der Waals surface area contributed by atoms with E-state index in [9.17, 15) is 0 Å². The second-order valence-electron chi connectivity index (χ2n) is 9.85. The number of piperidine rings is 1. The predicted molar refractivity (Wildman–Crippen MR) is 114 cm³/mol. The number of nitrogens with zero attached hydrogens (tertiary/aromatic N) is 2. The van der Waals surface area contributed by atoms with Gasteiger partial charge < -0.3 is 0 Å². The topological polar surface area (TPSA) is 15.7 Å². The van der Waals surface area contributed by atoms with Crippen LogP contribution < -0.4 is 0 Å². The van der Waals surface area contributed by atoms with E-state index in [1.165, 1.54) is 57.3 Å². The minimum absolute atomic E-state index is 0.355. The second-order valence-corrected chi connectivity index (χ2v) is 10.3. The molecule has 0 bridgehead atoms. The van der Waals surface area contributed by atoms with Crippen molar-refractivity contribution in [2.45, 2.75) is 71.3 Å². The molecule has 1 aliphatic heterocycles. The van der Waals surface area contributed by atoms with Crippen molar-refractivity contribution in [3.05, 3.63) is 35.4 Å². The molecule has 2 aliphatic rings. The zero-order valence-electron chi connectivity index (χ0n) is 18.4. The molecule has 0 N–H and O–H groups in total. The Morgan fingerprint density at radius 3 is 2.54 bits per heavy atom. The van der Waals surface area contributed by atoms with Crippen LogP contribution in [0.25, 0.3) is 0 Å². The first-order chi connectivity index (χ1) is 13.3. The standard InChI is InChI=1S/C24H38N2O.Co/c1-6-27-19-25(5)22-11-12-24(21-10-8-7-9-20(21)22)14-17-26(18-15-24)16-13-23(2,3)4;/h7-10,22H,6,11-18H2,1-5H3;. The molecule has 0 radical (unpaired) electrons. The number of rotatable bonds is 6. The molecular formula is C24H38CoN2O. The van der Waals surface area contributed by atoms with E-state index in [4.69, 9.17) is 4.74 Å². The van der Waals surface area contributed by atoms with E-state index in [2.05, 4.69) is 77.2 Å². The zero-order chi connectivity index (χ0) is 20.4. The molecule has 1 atom stereocenters. The van der Waals surface area contributed by atoms with Crippen LogP contribution in [0.1, 0.15) is 77.0 Å². The molecule has 0 saturated carbocycles. The Balaban J connectivity index is 1.74. The van der Waals surface area contributed by atoms with Gasteiger partial charge in [-0.25, -0.2) is 0 Å². The van der Waals surface area contributed by atoms with Crippen molar-refractivity contribution in [2.24, 2.45) is 5.41 Å². The van der Waals surface area contributed by atoms with Gasteiger partial charge in [0.25, 0.3) is 0 Å². The summed E-state index contributed by atoms with van der Waals surface area (Å²) in [5, 5.41) is 0. The molecule has 0 amide bonds. The maximum absolute atomic E-state index is 5.67. The summed E-state index contributed by atoms with van der Waals surface area (Å²) >= 11 is 4.65. The van der Waals surface area contributed by atoms with E-state index >= 15 is 0 Å². The Bertz CT molecular complexity index is 673. The molecule has 3 rings (SSSR count). The first-order valence-electron chi connectivity index (χ1n) is 10.9. The van der Waals surface area contributed by atoms with Crippen molar-refractivity contribution >= 4 is 4.76 Å². The number of hydrogen-bond donors (Lipinski definition) is 0. The molecule has 3 nitrogen and oxygen atoms in total. The molecule has 1 aliphatic carbocycles. The number of likely N-dealkylation sites (tertiary alicyclic amines) is 1. The third-order valence-corrected chi connectivity index (χ3v) is 7.28. The van der Waals surface area contributed by atoms with Gasteiger partial charge in [0.1, 0.15) is 0 Å². The predicted octanol–water partition coefficient (Wildman–Crippen LogP) is 4.89. The van der Waals surface area contributed by atoms with Crippen LogP contribution >= 0.6 is 0 Å². The second kappa shape index (κ2) is 9.09. The summed E-state index contributed by atoms with van der Waals surface area (Å²) < 4.78 is 6.40.